The number of hydrogen-bond donors (Lipinski definition) is 0. The lowest BCUT2D eigenvalue weighted by molar-refractivity contribution is -0.134. The second kappa shape index (κ2) is 8.21. The van der Waals surface area contributed by atoms with Gasteiger partial charge in [0.1, 0.15) is 0 Å². The van der Waals surface area contributed by atoms with E-state index < -0.39 is 0 Å². The van der Waals surface area contributed by atoms with Gasteiger partial charge in [-0.1, -0.05) is 0 Å². The molecule has 2 fully saturated rings. The molecule has 1 unspecified atom stereocenters. The molecule has 1 atom stereocenters. The number of aryl methyl sites for hydroxylation is 1. The molecule has 0 aromatic carbocycles. The van der Waals surface area contributed by atoms with Crippen LogP contribution in [0.3, 0.4) is 0 Å². The lowest BCUT2D eigenvalue weighted by Gasteiger charge is -2.36. The molecule has 0 aliphatic carbocycles. The quantitative estimate of drug-likeness (QED) is 0.782. The van der Waals surface area contributed by atoms with Crippen molar-refractivity contribution >= 4 is 28.6 Å². The Kier molecular flexibility index (Phi) is 5.74. The van der Waals surface area contributed by atoms with Gasteiger partial charge in [0.2, 0.25) is 5.91 Å². The number of likely N-dealkylation sites (tertiary alicyclic amines) is 1. The molecule has 0 bridgehead atoms. The van der Waals surface area contributed by atoms with E-state index in [1.165, 1.54) is 28.2 Å². The maximum atomic E-state index is 12.8. The topological polar surface area (TPSA) is 26.8 Å². The number of hydrogen-bond acceptors (Lipinski definition) is 5. The van der Waals surface area contributed by atoms with E-state index in [1.807, 2.05) is 11.3 Å². The van der Waals surface area contributed by atoms with Crippen LogP contribution in [0.25, 0.3) is 0 Å². The molecule has 1 amide bonds. The molecule has 2 aliphatic rings. The van der Waals surface area contributed by atoms with Crippen LogP contribution in [0, 0.1) is 6.92 Å². The zero-order valence-electron chi connectivity index (χ0n) is 15.4. The molecular formula is C20H27N3OS2. The molecule has 6 heteroatoms. The van der Waals surface area contributed by atoms with E-state index in [0.717, 1.165) is 39.3 Å². The van der Waals surface area contributed by atoms with Crippen LogP contribution < -0.4 is 0 Å². The molecule has 0 spiro atoms. The Morgan fingerprint density at radius 3 is 2.69 bits per heavy atom. The summed E-state index contributed by atoms with van der Waals surface area (Å²) in [6.45, 7) is 8.48. The minimum absolute atomic E-state index is 0.306. The summed E-state index contributed by atoms with van der Waals surface area (Å²) in [7, 11) is 0. The second-order valence-electron chi connectivity index (χ2n) is 7.37. The number of rotatable bonds is 5. The van der Waals surface area contributed by atoms with Crippen molar-refractivity contribution in [2.24, 2.45) is 0 Å². The highest BCUT2D eigenvalue weighted by molar-refractivity contribution is 7.12. The van der Waals surface area contributed by atoms with Crippen LogP contribution in [0.15, 0.2) is 29.0 Å². The van der Waals surface area contributed by atoms with E-state index in [2.05, 4.69) is 50.6 Å². The number of piperazine rings is 1. The van der Waals surface area contributed by atoms with Gasteiger partial charge in [-0.25, -0.2) is 0 Å². The molecular weight excluding hydrogens is 362 g/mol. The zero-order chi connectivity index (χ0) is 17.9. The summed E-state index contributed by atoms with van der Waals surface area (Å²) >= 11 is 3.64. The van der Waals surface area contributed by atoms with Crippen LogP contribution in [-0.2, 0) is 11.3 Å². The van der Waals surface area contributed by atoms with Gasteiger partial charge in [0, 0.05) is 48.5 Å². The third-order valence-corrected chi connectivity index (χ3v) is 7.34. The van der Waals surface area contributed by atoms with Crippen molar-refractivity contribution in [2.75, 3.05) is 39.3 Å². The van der Waals surface area contributed by atoms with Crippen LogP contribution in [0.5, 0.6) is 0 Å². The van der Waals surface area contributed by atoms with Crippen molar-refractivity contribution < 1.29 is 4.79 Å². The van der Waals surface area contributed by atoms with Crippen molar-refractivity contribution in [1.29, 1.82) is 0 Å². The molecule has 0 N–H and O–H groups in total. The van der Waals surface area contributed by atoms with Crippen LogP contribution in [0.1, 0.15) is 34.2 Å². The fraction of sp³-hybridized carbons (Fsp3) is 0.550. The molecule has 4 heterocycles. The number of carbonyl (C=O) groups excluding carboxylic acids is 1. The Bertz CT molecular complexity index is 719. The van der Waals surface area contributed by atoms with E-state index in [4.69, 9.17) is 0 Å². The van der Waals surface area contributed by atoms with Gasteiger partial charge in [-0.2, -0.15) is 11.3 Å². The van der Waals surface area contributed by atoms with Gasteiger partial charge in [-0.05, 0) is 60.8 Å². The summed E-state index contributed by atoms with van der Waals surface area (Å²) in [5, 5.41) is 4.36. The third kappa shape index (κ3) is 4.19. The minimum Gasteiger partial charge on any atom is -0.339 e. The van der Waals surface area contributed by atoms with E-state index >= 15 is 0 Å². The molecule has 4 nitrogen and oxygen atoms in total. The third-order valence-electron chi connectivity index (χ3n) is 5.50. The maximum absolute atomic E-state index is 12.8. The molecule has 26 heavy (non-hydrogen) atoms. The highest BCUT2D eigenvalue weighted by atomic mass is 32.1. The van der Waals surface area contributed by atoms with E-state index in [0.29, 0.717) is 18.5 Å². The van der Waals surface area contributed by atoms with Gasteiger partial charge in [0.25, 0.3) is 0 Å². The lowest BCUT2D eigenvalue weighted by atomic mass is 10.2. The van der Waals surface area contributed by atoms with E-state index in [1.54, 1.807) is 11.3 Å². The van der Waals surface area contributed by atoms with Gasteiger partial charge in [0.05, 0.1) is 6.54 Å². The Morgan fingerprint density at radius 2 is 2.00 bits per heavy atom. The predicted octanol–water partition coefficient (Wildman–Crippen LogP) is 3.60. The van der Waals surface area contributed by atoms with Gasteiger partial charge < -0.3 is 4.90 Å². The molecule has 0 radical (unpaired) electrons. The molecule has 2 aromatic rings. The summed E-state index contributed by atoms with van der Waals surface area (Å²) in [4.78, 5) is 22.5. The van der Waals surface area contributed by atoms with Crippen molar-refractivity contribution in [1.82, 2.24) is 14.7 Å². The van der Waals surface area contributed by atoms with Crippen molar-refractivity contribution in [3.63, 3.8) is 0 Å². The van der Waals surface area contributed by atoms with Crippen LogP contribution in [0.4, 0.5) is 0 Å². The maximum Gasteiger partial charge on any atom is 0.236 e. The Balaban J connectivity index is 1.28. The zero-order valence-corrected chi connectivity index (χ0v) is 17.0. The normalized spacial score (nSPS) is 22.2. The molecule has 2 aliphatic heterocycles. The van der Waals surface area contributed by atoms with E-state index in [-0.39, 0.29) is 0 Å². The first-order chi connectivity index (χ1) is 12.7. The Morgan fingerprint density at radius 1 is 1.15 bits per heavy atom. The van der Waals surface area contributed by atoms with Crippen molar-refractivity contribution in [2.45, 2.75) is 32.4 Å². The Labute approximate surface area is 164 Å². The summed E-state index contributed by atoms with van der Waals surface area (Å²) in [6, 6.07) is 7.08. The monoisotopic (exact) mass is 389 g/mol. The van der Waals surface area contributed by atoms with Gasteiger partial charge in [-0.3, -0.25) is 14.6 Å². The summed E-state index contributed by atoms with van der Waals surface area (Å²) < 4.78 is 0. The lowest BCUT2D eigenvalue weighted by Crippen LogP contribution is -2.50. The molecule has 2 saturated heterocycles. The van der Waals surface area contributed by atoms with Crippen molar-refractivity contribution in [3.05, 3.63) is 44.3 Å². The summed E-state index contributed by atoms with van der Waals surface area (Å²) in [5.74, 6) is 0.306. The SMILES string of the molecule is Cc1ccc(C2CCCN2CC(=O)N2CCN(Cc3ccsc3)CC2)s1. The molecule has 0 saturated carbocycles. The first kappa shape index (κ1) is 18.2. The summed E-state index contributed by atoms with van der Waals surface area (Å²) in [6.07, 6.45) is 2.38. The molecule has 2 aromatic heterocycles. The Hall–Kier alpha value is -1.21. The van der Waals surface area contributed by atoms with Crippen LogP contribution in [-0.4, -0.2) is 59.9 Å². The minimum atomic E-state index is 0.306. The van der Waals surface area contributed by atoms with Gasteiger partial charge in [0.15, 0.2) is 0 Å². The van der Waals surface area contributed by atoms with Crippen molar-refractivity contribution in [3.8, 4) is 0 Å². The fourth-order valence-electron chi connectivity index (χ4n) is 4.04. The molecule has 140 valence electrons. The number of amides is 1. The second-order valence-corrected chi connectivity index (χ2v) is 9.46. The largest absolute Gasteiger partial charge is 0.339 e. The highest BCUT2D eigenvalue weighted by Crippen LogP contribution is 2.35. The number of thiophene rings is 2. The number of carbonyl (C=O) groups is 1. The average molecular weight is 390 g/mol. The summed E-state index contributed by atoms with van der Waals surface area (Å²) in [5.41, 5.74) is 1.39. The van der Waals surface area contributed by atoms with Gasteiger partial charge in [-0.15, -0.1) is 11.3 Å². The first-order valence-electron chi connectivity index (χ1n) is 9.50. The smallest absolute Gasteiger partial charge is 0.236 e. The standard InChI is InChI=1S/C20H27N3OS2/c1-16-4-5-19(26-16)18-3-2-7-23(18)14-20(24)22-10-8-21(9-11-22)13-17-6-12-25-15-17/h4-6,12,15,18H,2-3,7-11,13-14H2,1H3. The van der Waals surface area contributed by atoms with E-state index in [9.17, 15) is 4.79 Å². The van der Waals surface area contributed by atoms with Gasteiger partial charge >= 0.3 is 0 Å². The highest BCUT2D eigenvalue weighted by Gasteiger charge is 2.30. The molecule has 4 rings (SSSR count). The fourth-order valence-corrected chi connectivity index (χ4v) is 5.75. The predicted molar refractivity (Wildman–Crippen MR) is 109 cm³/mol. The average Bonchev–Trinajstić information content (AvgIpc) is 3.38. The van der Waals surface area contributed by atoms with Crippen LogP contribution in [0.2, 0.25) is 0 Å². The van der Waals surface area contributed by atoms with Crippen LogP contribution >= 0.6 is 22.7 Å². The number of nitrogens with zero attached hydrogens (tertiary/aromatic N) is 3. The first-order valence-corrected chi connectivity index (χ1v) is 11.3.